The number of benzene rings is 1. The zero-order valence-electron chi connectivity index (χ0n) is 11.8. The van der Waals surface area contributed by atoms with Crippen LogP contribution in [0.15, 0.2) is 30.3 Å². The molecule has 2 nitrogen and oxygen atoms in total. The Morgan fingerprint density at radius 1 is 1.17 bits per heavy atom. The fourth-order valence-electron chi connectivity index (χ4n) is 3.25. The summed E-state index contributed by atoms with van der Waals surface area (Å²) in [6.07, 6.45) is 3.54. The Labute approximate surface area is 111 Å². The van der Waals surface area contributed by atoms with Gasteiger partial charge in [-0.05, 0) is 38.7 Å². The number of aliphatic hydroxyl groups excluding tert-OH is 1. The number of nitrogens with zero attached hydrogens (tertiary/aromatic N) is 1. The number of rotatable bonds is 3. The second-order valence-electron chi connectivity index (χ2n) is 6.08. The van der Waals surface area contributed by atoms with Gasteiger partial charge in [-0.2, -0.15) is 0 Å². The van der Waals surface area contributed by atoms with Crippen molar-refractivity contribution in [3.63, 3.8) is 0 Å². The van der Waals surface area contributed by atoms with E-state index in [0.29, 0.717) is 12.1 Å². The molecule has 0 unspecified atom stereocenters. The highest BCUT2D eigenvalue weighted by Crippen LogP contribution is 2.32. The lowest BCUT2D eigenvalue weighted by molar-refractivity contribution is -0.960. The first kappa shape index (κ1) is 13.6. The molecule has 1 heterocycles. The minimum Gasteiger partial charge on any atom is -0.382 e. The third-order valence-electron chi connectivity index (χ3n) is 5.01. The van der Waals surface area contributed by atoms with Crippen LogP contribution >= 0.6 is 0 Å². The average molecular weight is 248 g/mol. The molecule has 0 spiro atoms. The molecule has 0 aliphatic carbocycles. The van der Waals surface area contributed by atoms with Crippen molar-refractivity contribution >= 4 is 0 Å². The second-order valence-corrected chi connectivity index (χ2v) is 6.08. The lowest BCUT2D eigenvalue weighted by Crippen LogP contribution is -2.60. The Kier molecular flexibility index (Phi) is 4.08. The standard InChI is InChI=1S/C16H26NO/c1-13-8-7-9-14(2)17(13,3)12-16(18)15-10-5-4-6-11-15/h4-6,10-11,13-14,16,18H,7-9,12H2,1-3H3/q+1/t13-,14-,16+/m1/s1. The first-order valence-corrected chi connectivity index (χ1v) is 7.12. The first-order valence-electron chi connectivity index (χ1n) is 7.12. The number of hydrogen-bond acceptors (Lipinski definition) is 1. The fraction of sp³-hybridized carbons (Fsp3) is 0.625. The topological polar surface area (TPSA) is 20.2 Å². The molecule has 1 aliphatic rings. The van der Waals surface area contributed by atoms with Crippen LogP contribution in [0.1, 0.15) is 44.8 Å². The van der Waals surface area contributed by atoms with Gasteiger partial charge in [0.1, 0.15) is 12.6 Å². The summed E-state index contributed by atoms with van der Waals surface area (Å²) in [5.74, 6) is 0. The van der Waals surface area contributed by atoms with E-state index in [1.807, 2.05) is 30.3 Å². The largest absolute Gasteiger partial charge is 0.382 e. The molecule has 0 radical (unpaired) electrons. The first-order chi connectivity index (χ1) is 8.54. The maximum atomic E-state index is 10.5. The van der Waals surface area contributed by atoms with Gasteiger partial charge >= 0.3 is 0 Å². The number of piperidine rings is 1. The molecular formula is C16H26NO+. The molecule has 2 rings (SSSR count). The lowest BCUT2D eigenvalue weighted by atomic mass is 9.93. The van der Waals surface area contributed by atoms with Gasteiger partial charge in [0.05, 0.1) is 19.1 Å². The third-order valence-corrected chi connectivity index (χ3v) is 5.01. The quantitative estimate of drug-likeness (QED) is 0.815. The molecular weight excluding hydrogens is 222 g/mol. The normalized spacial score (nSPS) is 28.9. The van der Waals surface area contributed by atoms with Crippen molar-refractivity contribution in [3.8, 4) is 0 Å². The van der Waals surface area contributed by atoms with Crippen LogP contribution in [0.3, 0.4) is 0 Å². The summed E-state index contributed by atoms with van der Waals surface area (Å²) in [4.78, 5) is 0. The van der Waals surface area contributed by atoms with Crippen LogP contribution in [-0.4, -0.2) is 35.3 Å². The van der Waals surface area contributed by atoms with Gasteiger partial charge in [0.2, 0.25) is 0 Å². The van der Waals surface area contributed by atoms with Crippen molar-refractivity contribution in [1.82, 2.24) is 0 Å². The zero-order valence-corrected chi connectivity index (χ0v) is 11.8. The van der Waals surface area contributed by atoms with E-state index < -0.39 is 0 Å². The highest BCUT2D eigenvalue weighted by atomic mass is 16.3. The fourth-order valence-corrected chi connectivity index (χ4v) is 3.25. The Hall–Kier alpha value is -0.860. The summed E-state index contributed by atoms with van der Waals surface area (Å²) in [7, 11) is 2.31. The number of likely N-dealkylation sites (N-methyl/N-ethyl adjacent to an activating group) is 1. The van der Waals surface area contributed by atoms with Gasteiger partial charge in [0, 0.05) is 0 Å². The molecule has 1 aromatic carbocycles. The molecule has 1 N–H and O–H groups in total. The molecule has 0 bridgehead atoms. The van der Waals surface area contributed by atoms with Crippen molar-refractivity contribution in [2.45, 2.75) is 51.3 Å². The van der Waals surface area contributed by atoms with E-state index in [1.54, 1.807) is 0 Å². The van der Waals surface area contributed by atoms with Crippen molar-refractivity contribution in [1.29, 1.82) is 0 Å². The number of hydrogen-bond donors (Lipinski definition) is 1. The highest BCUT2D eigenvalue weighted by Gasteiger charge is 2.39. The molecule has 100 valence electrons. The summed E-state index contributed by atoms with van der Waals surface area (Å²) >= 11 is 0. The molecule has 1 aromatic rings. The van der Waals surface area contributed by atoms with Crippen LogP contribution in [0.5, 0.6) is 0 Å². The molecule has 0 amide bonds. The van der Waals surface area contributed by atoms with Gasteiger partial charge in [0.25, 0.3) is 0 Å². The van der Waals surface area contributed by atoms with Crippen molar-refractivity contribution < 1.29 is 9.59 Å². The molecule has 0 saturated carbocycles. The summed E-state index contributed by atoms with van der Waals surface area (Å²) in [6.45, 7) is 5.48. The molecule has 1 aliphatic heterocycles. The zero-order chi connectivity index (χ0) is 13.2. The summed E-state index contributed by atoms with van der Waals surface area (Å²) in [5, 5.41) is 10.5. The number of quaternary nitrogens is 1. The van der Waals surface area contributed by atoms with E-state index in [4.69, 9.17) is 0 Å². The smallest absolute Gasteiger partial charge is 0.128 e. The van der Waals surface area contributed by atoms with Crippen LogP contribution < -0.4 is 0 Å². The Balaban J connectivity index is 2.11. The van der Waals surface area contributed by atoms with Crippen LogP contribution in [0, 0.1) is 0 Å². The predicted octanol–water partition coefficient (Wildman–Crippen LogP) is 3.13. The molecule has 0 aromatic heterocycles. The molecule has 3 atom stereocenters. The van der Waals surface area contributed by atoms with Crippen LogP contribution in [0.4, 0.5) is 0 Å². The van der Waals surface area contributed by atoms with E-state index in [-0.39, 0.29) is 6.10 Å². The van der Waals surface area contributed by atoms with E-state index in [2.05, 4.69) is 20.9 Å². The van der Waals surface area contributed by atoms with E-state index in [1.165, 1.54) is 19.3 Å². The minimum atomic E-state index is -0.348. The van der Waals surface area contributed by atoms with Gasteiger partial charge in [-0.25, -0.2) is 0 Å². The maximum absolute atomic E-state index is 10.5. The summed E-state index contributed by atoms with van der Waals surface area (Å²) in [6, 6.07) is 11.3. The molecule has 2 heteroatoms. The number of aliphatic hydroxyl groups is 1. The second kappa shape index (κ2) is 5.41. The summed E-state index contributed by atoms with van der Waals surface area (Å²) in [5.41, 5.74) is 1.04. The summed E-state index contributed by atoms with van der Waals surface area (Å²) < 4.78 is 0.996. The Morgan fingerprint density at radius 2 is 1.72 bits per heavy atom. The van der Waals surface area contributed by atoms with E-state index in [9.17, 15) is 5.11 Å². The van der Waals surface area contributed by atoms with Crippen LogP contribution in [0.25, 0.3) is 0 Å². The molecule has 1 saturated heterocycles. The van der Waals surface area contributed by atoms with Gasteiger partial charge in [-0.3, -0.25) is 0 Å². The van der Waals surface area contributed by atoms with Crippen molar-refractivity contribution in [2.75, 3.05) is 13.6 Å². The lowest BCUT2D eigenvalue weighted by Gasteiger charge is -2.49. The SMILES string of the molecule is C[C@@H]1CCC[C@@H](C)[N+]1(C)C[C@H](O)c1ccccc1. The molecule has 1 fully saturated rings. The maximum Gasteiger partial charge on any atom is 0.128 e. The minimum absolute atomic E-state index is 0.348. The van der Waals surface area contributed by atoms with Crippen LogP contribution in [-0.2, 0) is 0 Å². The van der Waals surface area contributed by atoms with Crippen molar-refractivity contribution in [3.05, 3.63) is 35.9 Å². The van der Waals surface area contributed by atoms with Gasteiger partial charge in [-0.1, -0.05) is 30.3 Å². The van der Waals surface area contributed by atoms with E-state index in [0.717, 1.165) is 16.6 Å². The Bertz CT molecular complexity index is 366. The third kappa shape index (κ3) is 2.60. The van der Waals surface area contributed by atoms with Gasteiger partial charge < -0.3 is 9.59 Å². The average Bonchev–Trinajstić information content (AvgIpc) is 2.37. The predicted molar refractivity (Wildman–Crippen MR) is 75.2 cm³/mol. The monoisotopic (exact) mass is 248 g/mol. The van der Waals surface area contributed by atoms with Gasteiger partial charge in [-0.15, -0.1) is 0 Å². The molecule has 18 heavy (non-hydrogen) atoms. The Morgan fingerprint density at radius 3 is 2.28 bits per heavy atom. The van der Waals surface area contributed by atoms with Crippen molar-refractivity contribution in [2.24, 2.45) is 0 Å². The van der Waals surface area contributed by atoms with Crippen LogP contribution in [0.2, 0.25) is 0 Å². The highest BCUT2D eigenvalue weighted by molar-refractivity contribution is 5.17. The van der Waals surface area contributed by atoms with Gasteiger partial charge in [0.15, 0.2) is 0 Å². The van der Waals surface area contributed by atoms with E-state index >= 15 is 0 Å². The number of likely N-dealkylation sites (tertiary alicyclic amines) is 1.